The summed E-state index contributed by atoms with van der Waals surface area (Å²) in [7, 11) is -3.18. The predicted octanol–water partition coefficient (Wildman–Crippen LogP) is 3.68. The monoisotopic (exact) mass is 466 g/mol. The molecule has 0 unspecified atom stereocenters. The van der Waals surface area contributed by atoms with Crippen molar-refractivity contribution in [3.8, 4) is 5.69 Å². The number of carbonyl (C=O) groups is 1. The van der Waals surface area contributed by atoms with E-state index in [1.807, 2.05) is 61.0 Å². The standard InChI is InChI=1S/C25H30N4O3S/c1-4-33(31,32)24-11-9-22(10-12-24)28-15-13-21(14-16-28)26-25(30)20-5-7-23(8-6-20)29-19(3)17-18(2)27-29/h5-12,17,21H,4,13-16H2,1-3H3,(H,26,30). The van der Waals surface area contributed by atoms with E-state index in [4.69, 9.17) is 0 Å². The van der Waals surface area contributed by atoms with Crippen LogP contribution in [0.1, 0.15) is 41.5 Å². The SMILES string of the molecule is CCS(=O)(=O)c1ccc(N2CCC(NC(=O)c3ccc(-n4nc(C)cc4C)cc3)CC2)cc1. The van der Waals surface area contributed by atoms with Crippen molar-refractivity contribution in [1.82, 2.24) is 15.1 Å². The Hall–Kier alpha value is -3.13. The third kappa shape index (κ3) is 5.11. The number of piperidine rings is 1. The average Bonchev–Trinajstić information content (AvgIpc) is 3.17. The molecule has 8 heteroatoms. The Morgan fingerprint density at radius 1 is 1.00 bits per heavy atom. The van der Waals surface area contributed by atoms with Crippen molar-refractivity contribution >= 4 is 21.4 Å². The number of aryl methyl sites for hydroxylation is 2. The van der Waals surface area contributed by atoms with Gasteiger partial charge in [-0.15, -0.1) is 0 Å². The molecule has 2 aromatic carbocycles. The van der Waals surface area contributed by atoms with Crippen LogP contribution in [0.2, 0.25) is 0 Å². The molecule has 0 radical (unpaired) electrons. The van der Waals surface area contributed by atoms with Gasteiger partial charge in [-0.25, -0.2) is 13.1 Å². The predicted molar refractivity (Wildman–Crippen MR) is 130 cm³/mol. The van der Waals surface area contributed by atoms with Gasteiger partial charge in [-0.05, 0) is 81.3 Å². The molecule has 1 aliphatic heterocycles. The molecule has 1 N–H and O–H groups in total. The number of nitrogens with one attached hydrogen (secondary N) is 1. The Morgan fingerprint density at radius 2 is 1.61 bits per heavy atom. The van der Waals surface area contributed by atoms with Crippen molar-refractivity contribution < 1.29 is 13.2 Å². The lowest BCUT2D eigenvalue weighted by atomic mass is 10.0. The first-order chi connectivity index (χ1) is 15.8. The highest BCUT2D eigenvalue weighted by Crippen LogP contribution is 2.23. The summed E-state index contributed by atoms with van der Waals surface area (Å²) in [4.78, 5) is 15.3. The van der Waals surface area contributed by atoms with Gasteiger partial charge in [-0.3, -0.25) is 4.79 Å². The minimum Gasteiger partial charge on any atom is -0.371 e. The van der Waals surface area contributed by atoms with Crippen molar-refractivity contribution in [1.29, 1.82) is 0 Å². The summed E-state index contributed by atoms with van der Waals surface area (Å²) >= 11 is 0. The van der Waals surface area contributed by atoms with Crippen LogP contribution in [0.15, 0.2) is 59.5 Å². The number of carbonyl (C=O) groups excluding carboxylic acids is 1. The maximum atomic E-state index is 12.7. The van der Waals surface area contributed by atoms with Crippen molar-refractivity contribution in [3.05, 3.63) is 71.5 Å². The lowest BCUT2D eigenvalue weighted by Gasteiger charge is -2.34. The van der Waals surface area contributed by atoms with E-state index in [0.29, 0.717) is 10.5 Å². The van der Waals surface area contributed by atoms with E-state index < -0.39 is 9.84 Å². The number of hydrogen-bond donors (Lipinski definition) is 1. The molecule has 0 spiro atoms. The van der Waals surface area contributed by atoms with Crippen molar-refractivity contribution in [3.63, 3.8) is 0 Å². The molecule has 4 rings (SSSR count). The Bertz CT molecular complexity index is 1220. The summed E-state index contributed by atoms with van der Waals surface area (Å²) in [6.07, 6.45) is 1.68. The number of benzene rings is 2. The van der Waals surface area contributed by atoms with Crippen LogP contribution >= 0.6 is 0 Å². The van der Waals surface area contributed by atoms with Crippen LogP contribution in [-0.2, 0) is 9.84 Å². The van der Waals surface area contributed by atoms with Gasteiger partial charge in [0.25, 0.3) is 5.91 Å². The first kappa shape index (κ1) is 23.0. The molecule has 3 aromatic rings. The summed E-state index contributed by atoms with van der Waals surface area (Å²) in [6, 6.07) is 16.7. The maximum Gasteiger partial charge on any atom is 0.251 e. The summed E-state index contributed by atoms with van der Waals surface area (Å²) in [5.41, 5.74) is 4.59. The van der Waals surface area contributed by atoms with Gasteiger partial charge in [0.2, 0.25) is 0 Å². The lowest BCUT2D eigenvalue weighted by Crippen LogP contribution is -2.44. The Kier molecular flexibility index (Phi) is 6.56. The van der Waals surface area contributed by atoms with E-state index >= 15 is 0 Å². The molecule has 7 nitrogen and oxygen atoms in total. The van der Waals surface area contributed by atoms with Crippen LogP contribution < -0.4 is 10.2 Å². The smallest absolute Gasteiger partial charge is 0.251 e. The van der Waals surface area contributed by atoms with Crippen LogP contribution in [0.4, 0.5) is 5.69 Å². The number of rotatable bonds is 6. The van der Waals surface area contributed by atoms with E-state index in [1.165, 1.54) is 0 Å². The van der Waals surface area contributed by atoms with Gasteiger partial charge in [0.1, 0.15) is 0 Å². The molecule has 1 amide bonds. The first-order valence-corrected chi connectivity index (χ1v) is 12.9. The second kappa shape index (κ2) is 9.39. The van der Waals surface area contributed by atoms with Gasteiger partial charge in [0.05, 0.1) is 22.0 Å². The van der Waals surface area contributed by atoms with Gasteiger partial charge < -0.3 is 10.2 Å². The molecule has 0 saturated carbocycles. The number of aromatic nitrogens is 2. The molecule has 0 bridgehead atoms. The number of hydrogen-bond acceptors (Lipinski definition) is 5. The van der Waals surface area contributed by atoms with E-state index in [1.54, 1.807) is 19.1 Å². The average molecular weight is 467 g/mol. The van der Waals surface area contributed by atoms with Gasteiger partial charge in [0.15, 0.2) is 9.84 Å². The van der Waals surface area contributed by atoms with E-state index in [2.05, 4.69) is 15.3 Å². The fourth-order valence-corrected chi connectivity index (χ4v) is 5.11. The molecular weight excluding hydrogens is 436 g/mol. The Morgan fingerprint density at radius 3 is 2.15 bits per heavy atom. The molecule has 1 fully saturated rings. The van der Waals surface area contributed by atoms with E-state index in [-0.39, 0.29) is 17.7 Å². The quantitative estimate of drug-likeness (QED) is 0.599. The Labute approximate surface area is 195 Å². The molecule has 33 heavy (non-hydrogen) atoms. The minimum absolute atomic E-state index is 0.0671. The fourth-order valence-electron chi connectivity index (χ4n) is 4.23. The molecule has 2 heterocycles. The minimum atomic E-state index is -3.18. The summed E-state index contributed by atoms with van der Waals surface area (Å²) in [5.74, 6) is 0.0328. The zero-order valence-electron chi connectivity index (χ0n) is 19.3. The van der Waals surface area contributed by atoms with Crippen LogP contribution in [0.5, 0.6) is 0 Å². The molecule has 1 aliphatic rings. The number of anilines is 1. The summed E-state index contributed by atoms with van der Waals surface area (Å²) in [5, 5.41) is 7.63. The largest absolute Gasteiger partial charge is 0.371 e. The maximum absolute atomic E-state index is 12.7. The highest BCUT2D eigenvalue weighted by atomic mass is 32.2. The molecule has 0 atom stereocenters. The topological polar surface area (TPSA) is 84.3 Å². The van der Waals surface area contributed by atoms with E-state index in [0.717, 1.165) is 48.7 Å². The Balaban J connectivity index is 1.32. The second-order valence-electron chi connectivity index (χ2n) is 8.52. The van der Waals surface area contributed by atoms with Crippen molar-refractivity contribution in [2.24, 2.45) is 0 Å². The summed E-state index contributed by atoms with van der Waals surface area (Å²) in [6.45, 7) is 7.23. The van der Waals surface area contributed by atoms with Crippen molar-refractivity contribution in [2.75, 3.05) is 23.7 Å². The number of amides is 1. The third-order valence-electron chi connectivity index (χ3n) is 6.15. The first-order valence-electron chi connectivity index (χ1n) is 11.3. The van der Waals surface area contributed by atoms with Gasteiger partial charge in [-0.1, -0.05) is 6.92 Å². The molecule has 174 valence electrons. The van der Waals surface area contributed by atoms with Crippen LogP contribution in [-0.4, -0.2) is 49.0 Å². The van der Waals surface area contributed by atoms with Gasteiger partial charge >= 0.3 is 0 Å². The molecule has 0 aliphatic carbocycles. The lowest BCUT2D eigenvalue weighted by molar-refractivity contribution is 0.0931. The van der Waals surface area contributed by atoms with Gasteiger partial charge in [0, 0.05) is 36.1 Å². The van der Waals surface area contributed by atoms with Crippen LogP contribution in [0.25, 0.3) is 5.69 Å². The third-order valence-corrected chi connectivity index (χ3v) is 7.91. The molecule has 1 saturated heterocycles. The van der Waals surface area contributed by atoms with Crippen LogP contribution in [0, 0.1) is 13.8 Å². The number of sulfone groups is 1. The molecular formula is C25H30N4O3S. The van der Waals surface area contributed by atoms with Crippen LogP contribution in [0.3, 0.4) is 0 Å². The highest BCUT2D eigenvalue weighted by Gasteiger charge is 2.22. The molecule has 1 aromatic heterocycles. The van der Waals surface area contributed by atoms with Crippen molar-refractivity contribution in [2.45, 2.75) is 44.6 Å². The zero-order valence-corrected chi connectivity index (χ0v) is 20.1. The second-order valence-corrected chi connectivity index (χ2v) is 10.8. The summed E-state index contributed by atoms with van der Waals surface area (Å²) < 4.78 is 25.9. The van der Waals surface area contributed by atoms with Gasteiger partial charge in [-0.2, -0.15) is 5.10 Å². The normalized spacial score (nSPS) is 14.9. The highest BCUT2D eigenvalue weighted by molar-refractivity contribution is 7.91. The van der Waals surface area contributed by atoms with E-state index in [9.17, 15) is 13.2 Å². The fraction of sp³-hybridized carbons (Fsp3) is 0.360. The zero-order chi connectivity index (χ0) is 23.6. The number of nitrogens with zero attached hydrogens (tertiary/aromatic N) is 3.